The minimum absolute atomic E-state index is 0.0739. The largest absolute Gasteiger partial charge is 0.481 e. The Bertz CT molecular complexity index is 928. The van der Waals surface area contributed by atoms with E-state index in [-0.39, 0.29) is 17.3 Å². The molecule has 1 amide bonds. The Hall–Kier alpha value is -2.45. The number of aryl methyl sites for hydroxylation is 1. The van der Waals surface area contributed by atoms with Gasteiger partial charge in [0, 0.05) is 37.5 Å². The van der Waals surface area contributed by atoms with Gasteiger partial charge in [0.25, 0.3) is 0 Å². The fourth-order valence-corrected chi connectivity index (χ4v) is 4.19. The number of amides is 1. The van der Waals surface area contributed by atoms with Gasteiger partial charge in [-0.15, -0.1) is 0 Å². The fourth-order valence-electron chi connectivity index (χ4n) is 2.95. The molecule has 1 aliphatic heterocycles. The third-order valence-corrected chi connectivity index (χ3v) is 5.87. The first-order valence-electron chi connectivity index (χ1n) is 8.30. The van der Waals surface area contributed by atoms with E-state index in [0.29, 0.717) is 24.4 Å². The number of anilines is 1. The molecule has 1 saturated heterocycles. The maximum Gasteiger partial charge on any atom is 0.241 e. The summed E-state index contributed by atoms with van der Waals surface area (Å²) < 4.78 is 32.9. The van der Waals surface area contributed by atoms with Crippen molar-refractivity contribution in [3.05, 3.63) is 47.7 Å². The van der Waals surface area contributed by atoms with Gasteiger partial charge in [0.1, 0.15) is 0 Å². The number of aromatic nitrogens is 1. The molecule has 0 spiro atoms. The summed E-state index contributed by atoms with van der Waals surface area (Å²) in [5.74, 6) is 0.502. The van der Waals surface area contributed by atoms with Gasteiger partial charge in [0.05, 0.1) is 12.0 Å². The van der Waals surface area contributed by atoms with Crippen LogP contribution in [0.25, 0.3) is 0 Å². The smallest absolute Gasteiger partial charge is 0.241 e. The number of carbonyl (C=O) groups is 1. The zero-order chi connectivity index (χ0) is 18.7. The monoisotopic (exact) mass is 375 g/mol. The number of rotatable bonds is 6. The second-order valence-corrected chi connectivity index (χ2v) is 7.87. The standard InChI is InChI=1S/C18H21N3O4S/c1-13-10-15(21-9-3-4-18(21)22)5-6-16(13)26(23,24)20-12-14-7-8-19-17(11-14)25-2/h5-8,10-11,20H,3-4,9,12H2,1-2H3. The molecule has 1 aromatic heterocycles. The van der Waals surface area contributed by atoms with E-state index in [1.54, 1.807) is 48.4 Å². The number of nitrogens with zero attached hydrogens (tertiary/aromatic N) is 2. The van der Waals surface area contributed by atoms with Crippen LogP contribution in [0, 0.1) is 6.92 Å². The van der Waals surface area contributed by atoms with Gasteiger partial charge < -0.3 is 9.64 Å². The Morgan fingerprint density at radius 2 is 2.08 bits per heavy atom. The molecule has 1 aromatic carbocycles. The zero-order valence-corrected chi connectivity index (χ0v) is 15.5. The minimum atomic E-state index is -3.68. The predicted molar refractivity (Wildman–Crippen MR) is 97.6 cm³/mol. The molecule has 2 heterocycles. The summed E-state index contributed by atoms with van der Waals surface area (Å²) in [7, 11) is -2.17. The normalized spacial score (nSPS) is 14.7. The van der Waals surface area contributed by atoms with E-state index in [2.05, 4.69) is 9.71 Å². The average Bonchev–Trinajstić information content (AvgIpc) is 3.06. The topological polar surface area (TPSA) is 88.6 Å². The Morgan fingerprint density at radius 1 is 1.27 bits per heavy atom. The molecule has 0 unspecified atom stereocenters. The Labute approximate surface area is 153 Å². The highest BCUT2D eigenvalue weighted by atomic mass is 32.2. The highest BCUT2D eigenvalue weighted by molar-refractivity contribution is 7.89. The molecule has 1 N–H and O–H groups in total. The van der Waals surface area contributed by atoms with E-state index in [1.807, 2.05) is 0 Å². The van der Waals surface area contributed by atoms with Gasteiger partial charge in [-0.25, -0.2) is 18.1 Å². The number of hydrogen-bond acceptors (Lipinski definition) is 5. The first-order chi connectivity index (χ1) is 12.4. The molecule has 0 bridgehead atoms. The SMILES string of the molecule is COc1cc(CNS(=O)(=O)c2ccc(N3CCCC3=O)cc2C)ccn1. The highest BCUT2D eigenvalue weighted by Gasteiger charge is 2.23. The summed E-state index contributed by atoms with van der Waals surface area (Å²) in [6.45, 7) is 2.54. The highest BCUT2D eigenvalue weighted by Crippen LogP contribution is 2.26. The summed E-state index contributed by atoms with van der Waals surface area (Å²) in [4.78, 5) is 17.8. The molecule has 2 aromatic rings. The van der Waals surface area contributed by atoms with Gasteiger partial charge in [0.2, 0.25) is 21.8 Å². The average molecular weight is 375 g/mol. The van der Waals surface area contributed by atoms with Gasteiger partial charge in [-0.1, -0.05) is 0 Å². The molecule has 1 fully saturated rings. The van der Waals surface area contributed by atoms with Crippen LogP contribution in [-0.4, -0.2) is 33.0 Å². The van der Waals surface area contributed by atoms with E-state index in [9.17, 15) is 13.2 Å². The third kappa shape index (κ3) is 3.86. The molecule has 8 heteroatoms. The number of benzene rings is 1. The predicted octanol–water partition coefficient (Wildman–Crippen LogP) is 2.00. The first-order valence-corrected chi connectivity index (χ1v) is 9.78. The van der Waals surface area contributed by atoms with Crippen LogP contribution < -0.4 is 14.4 Å². The van der Waals surface area contributed by atoms with Crippen molar-refractivity contribution in [2.45, 2.75) is 31.2 Å². The summed E-state index contributed by atoms with van der Waals surface area (Å²) >= 11 is 0. The molecule has 0 atom stereocenters. The second kappa shape index (κ2) is 7.43. The summed E-state index contributed by atoms with van der Waals surface area (Å²) in [6.07, 6.45) is 2.93. The van der Waals surface area contributed by atoms with Gasteiger partial charge in [-0.05, 0) is 48.7 Å². The van der Waals surface area contributed by atoms with Crippen LogP contribution in [-0.2, 0) is 21.4 Å². The van der Waals surface area contributed by atoms with Crippen LogP contribution in [0.15, 0.2) is 41.4 Å². The molecular weight excluding hydrogens is 354 g/mol. The van der Waals surface area contributed by atoms with Crippen molar-refractivity contribution in [2.24, 2.45) is 0 Å². The van der Waals surface area contributed by atoms with E-state index in [0.717, 1.165) is 17.7 Å². The van der Waals surface area contributed by atoms with Crippen LogP contribution in [0.5, 0.6) is 5.88 Å². The third-order valence-electron chi connectivity index (χ3n) is 4.31. The Morgan fingerprint density at radius 3 is 2.73 bits per heavy atom. The van der Waals surface area contributed by atoms with E-state index < -0.39 is 10.0 Å². The lowest BCUT2D eigenvalue weighted by molar-refractivity contribution is -0.117. The fraction of sp³-hybridized carbons (Fsp3) is 0.333. The van der Waals surface area contributed by atoms with E-state index >= 15 is 0 Å². The molecular formula is C18H21N3O4S. The van der Waals surface area contributed by atoms with Crippen LogP contribution in [0.3, 0.4) is 0 Å². The quantitative estimate of drug-likeness (QED) is 0.834. The molecule has 7 nitrogen and oxygen atoms in total. The van der Waals surface area contributed by atoms with Crippen molar-refractivity contribution in [1.82, 2.24) is 9.71 Å². The van der Waals surface area contributed by atoms with Crippen molar-refractivity contribution in [3.8, 4) is 5.88 Å². The van der Waals surface area contributed by atoms with Crippen molar-refractivity contribution in [3.63, 3.8) is 0 Å². The Balaban J connectivity index is 1.77. The maximum atomic E-state index is 12.6. The van der Waals surface area contributed by atoms with Crippen molar-refractivity contribution in [2.75, 3.05) is 18.6 Å². The van der Waals surface area contributed by atoms with Gasteiger partial charge in [-0.2, -0.15) is 0 Å². The number of pyridine rings is 1. The number of methoxy groups -OCH3 is 1. The lowest BCUT2D eigenvalue weighted by Gasteiger charge is -2.18. The van der Waals surface area contributed by atoms with Crippen LogP contribution in [0.2, 0.25) is 0 Å². The molecule has 0 saturated carbocycles. The minimum Gasteiger partial charge on any atom is -0.481 e. The number of sulfonamides is 1. The van der Waals surface area contributed by atoms with Crippen molar-refractivity contribution < 1.29 is 17.9 Å². The number of ether oxygens (including phenoxy) is 1. The van der Waals surface area contributed by atoms with Crippen LogP contribution in [0.1, 0.15) is 24.0 Å². The van der Waals surface area contributed by atoms with Gasteiger partial charge >= 0.3 is 0 Å². The summed E-state index contributed by atoms with van der Waals surface area (Å²) in [6, 6.07) is 8.37. The lowest BCUT2D eigenvalue weighted by atomic mass is 10.2. The van der Waals surface area contributed by atoms with Crippen LogP contribution in [0.4, 0.5) is 5.69 Å². The van der Waals surface area contributed by atoms with E-state index in [1.165, 1.54) is 7.11 Å². The van der Waals surface area contributed by atoms with Crippen LogP contribution >= 0.6 is 0 Å². The first kappa shape index (κ1) is 18.3. The molecule has 26 heavy (non-hydrogen) atoms. The molecule has 3 rings (SSSR count). The molecule has 138 valence electrons. The van der Waals surface area contributed by atoms with Gasteiger partial charge in [0.15, 0.2) is 0 Å². The Kier molecular flexibility index (Phi) is 5.24. The molecule has 0 radical (unpaired) electrons. The summed E-state index contributed by atoms with van der Waals surface area (Å²) in [5, 5.41) is 0. The summed E-state index contributed by atoms with van der Waals surface area (Å²) in [5.41, 5.74) is 2.09. The maximum absolute atomic E-state index is 12.6. The molecule has 0 aliphatic carbocycles. The van der Waals surface area contributed by atoms with Crippen molar-refractivity contribution in [1.29, 1.82) is 0 Å². The van der Waals surface area contributed by atoms with Gasteiger partial charge in [-0.3, -0.25) is 4.79 Å². The zero-order valence-electron chi connectivity index (χ0n) is 14.7. The lowest BCUT2D eigenvalue weighted by Crippen LogP contribution is -2.26. The van der Waals surface area contributed by atoms with Crippen molar-refractivity contribution >= 4 is 21.6 Å². The number of carbonyl (C=O) groups excluding carboxylic acids is 1. The number of hydrogen-bond donors (Lipinski definition) is 1. The van der Waals surface area contributed by atoms with E-state index in [4.69, 9.17) is 4.74 Å². The second-order valence-electron chi connectivity index (χ2n) is 6.13. The molecule has 1 aliphatic rings. The number of nitrogens with one attached hydrogen (secondary N) is 1.